The first-order valence-electron chi connectivity index (χ1n) is 11.8. The van der Waals surface area contributed by atoms with Gasteiger partial charge in [0, 0.05) is 11.8 Å². The predicted octanol–water partition coefficient (Wildman–Crippen LogP) is 6.12. The van der Waals surface area contributed by atoms with E-state index in [0.29, 0.717) is 41.9 Å². The van der Waals surface area contributed by atoms with Crippen LogP contribution in [0, 0.1) is 20.8 Å². The van der Waals surface area contributed by atoms with E-state index in [1.165, 1.54) is 16.7 Å². The number of fused-ring (bicyclic) bond motifs is 2. The van der Waals surface area contributed by atoms with E-state index in [-0.39, 0.29) is 11.7 Å². The number of carbonyl (C=O) groups excluding carboxylic acids is 1. The average molecular weight is 452 g/mol. The lowest BCUT2D eigenvalue weighted by Crippen LogP contribution is -2.23. The maximum absolute atomic E-state index is 13.0. The Morgan fingerprint density at radius 2 is 1.56 bits per heavy atom. The van der Waals surface area contributed by atoms with E-state index in [1.54, 1.807) is 0 Å². The zero-order chi connectivity index (χ0) is 24.0. The molecule has 1 unspecified atom stereocenters. The first-order chi connectivity index (χ1) is 16.3. The molecular formula is C28H29N5O. The highest BCUT2D eigenvalue weighted by Crippen LogP contribution is 2.34. The number of nitrogens with one attached hydrogen (secondary N) is 1. The zero-order valence-electron chi connectivity index (χ0n) is 20.3. The molecule has 6 heteroatoms. The molecule has 4 aromatic rings. The zero-order valence-corrected chi connectivity index (χ0v) is 20.3. The molecule has 0 saturated heterocycles. The van der Waals surface area contributed by atoms with Gasteiger partial charge in [-0.25, -0.2) is 19.9 Å². The fourth-order valence-corrected chi connectivity index (χ4v) is 4.77. The van der Waals surface area contributed by atoms with E-state index in [2.05, 4.69) is 71.4 Å². The standard InChI is InChI=1S/C28H29N5O/c1-15(2)19-7-9-20(10-8-19)21-13-24-26(25(34)14-21)18(5)30-28(32-24)33-27-29-17(4)22-12-16(3)6-11-23(22)31-27/h6-12,15,21H,13-14H2,1-5H3,(H,29,30,31,32,33). The Kier molecular flexibility index (Phi) is 5.60. The molecule has 1 aliphatic rings. The van der Waals surface area contributed by atoms with E-state index < -0.39 is 0 Å². The second-order valence-electron chi connectivity index (χ2n) is 9.58. The van der Waals surface area contributed by atoms with E-state index in [9.17, 15) is 4.79 Å². The minimum absolute atomic E-state index is 0.108. The number of Topliss-reactive ketones (excluding diaryl/α,β-unsaturated/α-hetero) is 1. The second kappa shape index (κ2) is 8.60. The molecule has 0 amide bonds. The summed E-state index contributed by atoms with van der Waals surface area (Å²) in [4.78, 5) is 31.6. The Balaban J connectivity index is 1.45. The Hall–Kier alpha value is -3.67. The number of hydrogen-bond donors (Lipinski definition) is 1. The molecule has 1 aliphatic carbocycles. The predicted molar refractivity (Wildman–Crippen MR) is 135 cm³/mol. The van der Waals surface area contributed by atoms with Crippen molar-refractivity contribution in [2.75, 3.05) is 5.32 Å². The van der Waals surface area contributed by atoms with Crippen molar-refractivity contribution >= 4 is 28.6 Å². The van der Waals surface area contributed by atoms with Gasteiger partial charge in [-0.2, -0.15) is 0 Å². The van der Waals surface area contributed by atoms with Gasteiger partial charge < -0.3 is 0 Å². The molecule has 0 spiro atoms. The smallest absolute Gasteiger partial charge is 0.230 e. The molecular weight excluding hydrogens is 422 g/mol. The lowest BCUT2D eigenvalue weighted by molar-refractivity contribution is 0.0962. The van der Waals surface area contributed by atoms with Crippen LogP contribution in [0.1, 0.15) is 76.2 Å². The molecule has 0 radical (unpaired) electrons. The van der Waals surface area contributed by atoms with Crippen molar-refractivity contribution in [2.45, 2.75) is 59.3 Å². The molecule has 1 N–H and O–H groups in total. The van der Waals surface area contributed by atoms with Gasteiger partial charge in [-0.05, 0) is 62.3 Å². The van der Waals surface area contributed by atoms with Crippen LogP contribution in [0.3, 0.4) is 0 Å². The van der Waals surface area contributed by atoms with E-state index in [4.69, 9.17) is 4.98 Å². The van der Waals surface area contributed by atoms with Gasteiger partial charge in [0.05, 0.1) is 28.2 Å². The normalized spacial score (nSPS) is 15.6. The summed E-state index contributed by atoms with van der Waals surface area (Å²) in [6.45, 7) is 10.3. The molecule has 1 atom stereocenters. The van der Waals surface area contributed by atoms with Gasteiger partial charge in [0.1, 0.15) is 0 Å². The van der Waals surface area contributed by atoms with Gasteiger partial charge in [0.2, 0.25) is 11.9 Å². The van der Waals surface area contributed by atoms with E-state index >= 15 is 0 Å². The number of aryl methyl sites for hydroxylation is 3. The van der Waals surface area contributed by atoms with Crippen molar-refractivity contribution in [1.29, 1.82) is 0 Å². The van der Waals surface area contributed by atoms with Crippen molar-refractivity contribution in [1.82, 2.24) is 19.9 Å². The highest BCUT2D eigenvalue weighted by molar-refractivity contribution is 5.99. The highest BCUT2D eigenvalue weighted by Gasteiger charge is 2.30. The van der Waals surface area contributed by atoms with Gasteiger partial charge in [-0.15, -0.1) is 0 Å². The molecule has 172 valence electrons. The molecule has 0 aliphatic heterocycles. The third kappa shape index (κ3) is 4.16. The summed E-state index contributed by atoms with van der Waals surface area (Å²) in [5.41, 5.74) is 7.56. The quantitative estimate of drug-likeness (QED) is 0.402. The largest absolute Gasteiger partial charge is 0.294 e. The maximum Gasteiger partial charge on any atom is 0.230 e. The van der Waals surface area contributed by atoms with Crippen LogP contribution in [0.25, 0.3) is 10.9 Å². The summed E-state index contributed by atoms with van der Waals surface area (Å²) in [5, 5.41) is 4.21. The van der Waals surface area contributed by atoms with Crippen LogP contribution in [-0.2, 0) is 6.42 Å². The van der Waals surface area contributed by atoms with Crippen molar-refractivity contribution in [2.24, 2.45) is 0 Å². The average Bonchev–Trinajstić information content (AvgIpc) is 2.79. The Bertz CT molecular complexity index is 1410. The van der Waals surface area contributed by atoms with Crippen LogP contribution in [0.15, 0.2) is 42.5 Å². The number of hydrogen-bond acceptors (Lipinski definition) is 6. The second-order valence-corrected chi connectivity index (χ2v) is 9.58. The van der Waals surface area contributed by atoms with Gasteiger partial charge in [-0.3, -0.25) is 10.1 Å². The number of rotatable bonds is 4. The lowest BCUT2D eigenvalue weighted by Gasteiger charge is -2.25. The Morgan fingerprint density at radius 3 is 2.29 bits per heavy atom. The molecule has 0 bridgehead atoms. The third-order valence-electron chi connectivity index (χ3n) is 6.66. The first-order valence-corrected chi connectivity index (χ1v) is 11.8. The SMILES string of the molecule is Cc1ccc2nc(Nc3nc(C)c4c(n3)CC(c3ccc(C(C)C)cc3)CC4=O)nc(C)c2c1. The summed E-state index contributed by atoms with van der Waals surface area (Å²) in [5.74, 6) is 1.58. The van der Waals surface area contributed by atoms with E-state index in [0.717, 1.165) is 22.3 Å². The molecule has 5 rings (SSSR count). The molecule has 2 heterocycles. The molecule has 0 saturated carbocycles. The van der Waals surface area contributed by atoms with Gasteiger partial charge in [0.25, 0.3) is 0 Å². The summed E-state index contributed by atoms with van der Waals surface area (Å²) in [7, 11) is 0. The number of ketones is 1. The lowest BCUT2D eigenvalue weighted by atomic mass is 9.81. The maximum atomic E-state index is 13.0. The Labute approximate surface area is 199 Å². The summed E-state index contributed by atoms with van der Waals surface area (Å²) in [6, 6.07) is 14.8. The summed E-state index contributed by atoms with van der Waals surface area (Å²) < 4.78 is 0. The van der Waals surface area contributed by atoms with Crippen LogP contribution in [0.4, 0.5) is 11.9 Å². The monoisotopic (exact) mass is 451 g/mol. The van der Waals surface area contributed by atoms with Crippen LogP contribution in [0.5, 0.6) is 0 Å². The van der Waals surface area contributed by atoms with Gasteiger partial charge in [0.15, 0.2) is 5.78 Å². The van der Waals surface area contributed by atoms with Gasteiger partial charge >= 0.3 is 0 Å². The third-order valence-corrected chi connectivity index (χ3v) is 6.66. The minimum atomic E-state index is 0.108. The van der Waals surface area contributed by atoms with Crippen molar-refractivity contribution in [3.8, 4) is 0 Å². The number of benzene rings is 2. The van der Waals surface area contributed by atoms with Crippen molar-refractivity contribution < 1.29 is 4.79 Å². The van der Waals surface area contributed by atoms with Crippen molar-refractivity contribution in [3.63, 3.8) is 0 Å². The number of carbonyl (C=O) groups is 1. The van der Waals surface area contributed by atoms with Gasteiger partial charge in [-0.1, -0.05) is 49.7 Å². The van der Waals surface area contributed by atoms with Crippen molar-refractivity contribution in [3.05, 3.63) is 81.8 Å². The molecule has 34 heavy (non-hydrogen) atoms. The number of aromatic nitrogens is 4. The molecule has 6 nitrogen and oxygen atoms in total. The van der Waals surface area contributed by atoms with Crippen LogP contribution in [0.2, 0.25) is 0 Å². The fraction of sp³-hybridized carbons (Fsp3) is 0.321. The highest BCUT2D eigenvalue weighted by atomic mass is 16.1. The molecule has 2 aromatic carbocycles. The number of anilines is 2. The topological polar surface area (TPSA) is 80.7 Å². The number of nitrogens with zero attached hydrogens (tertiary/aromatic N) is 4. The molecule has 0 fully saturated rings. The van der Waals surface area contributed by atoms with Crippen LogP contribution in [-0.4, -0.2) is 25.7 Å². The summed E-state index contributed by atoms with van der Waals surface area (Å²) >= 11 is 0. The minimum Gasteiger partial charge on any atom is -0.294 e. The fourth-order valence-electron chi connectivity index (χ4n) is 4.77. The Morgan fingerprint density at radius 1 is 0.853 bits per heavy atom. The molecule has 2 aromatic heterocycles. The van der Waals surface area contributed by atoms with Crippen LogP contribution >= 0.6 is 0 Å². The van der Waals surface area contributed by atoms with E-state index in [1.807, 2.05) is 26.0 Å². The van der Waals surface area contributed by atoms with Crippen LogP contribution < -0.4 is 5.32 Å². The summed E-state index contributed by atoms with van der Waals surface area (Å²) in [6.07, 6.45) is 1.19. The first kappa shape index (κ1) is 22.1.